The van der Waals surface area contributed by atoms with Gasteiger partial charge in [-0.2, -0.15) is 22.0 Å². The third kappa shape index (κ3) is 3.95. The average Bonchev–Trinajstić information content (AvgIpc) is 2.93. The molecule has 2 aromatic rings. The highest BCUT2D eigenvalue weighted by molar-refractivity contribution is 7.86. The molecule has 2 aromatic carbocycles. The highest BCUT2D eigenvalue weighted by Gasteiger charge is 2.61. The molecule has 0 saturated carbocycles. The van der Waals surface area contributed by atoms with Gasteiger partial charge in [-0.1, -0.05) is 36.4 Å². The summed E-state index contributed by atoms with van der Waals surface area (Å²) < 4.78 is 97.5. The standard InChI is InChI=1S/C13H9N2.C3H2F6O3S/c14-15-13-11-7-3-1-5-9(11)10-6-2-4-8-12(10)13;4-1(2(5,6)7)3(8,9)13(10,11)12/h1-8,13H;1H,(H,10,11,12)/q+1;/p-1. The van der Waals surface area contributed by atoms with Gasteiger partial charge in [0.25, 0.3) is 6.17 Å². The number of hydrogen-bond acceptors (Lipinski definition) is 4. The van der Waals surface area contributed by atoms with Crippen LogP contribution in [-0.2, 0) is 10.1 Å². The van der Waals surface area contributed by atoms with Gasteiger partial charge in [0.15, 0.2) is 10.1 Å². The normalized spacial score (nSPS) is 14.9. The van der Waals surface area contributed by atoms with E-state index in [0.717, 1.165) is 11.1 Å². The summed E-state index contributed by atoms with van der Waals surface area (Å²) in [4.78, 5) is 3.47. The summed E-state index contributed by atoms with van der Waals surface area (Å²) in [5.41, 5.74) is 4.52. The van der Waals surface area contributed by atoms with E-state index in [0.29, 0.717) is 0 Å². The maximum Gasteiger partial charge on any atom is 0.426 e. The molecule has 3 rings (SSSR count). The van der Waals surface area contributed by atoms with Gasteiger partial charge in [-0.25, -0.2) is 12.8 Å². The van der Waals surface area contributed by atoms with Crippen LogP contribution in [0.25, 0.3) is 16.1 Å². The molecule has 0 spiro atoms. The minimum absolute atomic E-state index is 0.211. The van der Waals surface area contributed by atoms with Crippen molar-refractivity contribution in [1.29, 1.82) is 5.39 Å². The quantitative estimate of drug-likeness (QED) is 0.400. The lowest BCUT2D eigenvalue weighted by Gasteiger charge is -2.24. The topological polar surface area (TPSA) is 85.3 Å². The van der Waals surface area contributed by atoms with Crippen molar-refractivity contribution in [3.63, 3.8) is 0 Å². The van der Waals surface area contributed by atoms with Gasteiger partial charge in [-0.15, -0.1) is 0 Å². The van der Waals surface area contributed by atoms with Crippen LogP contribution in [0.2, 0.25) is 0 Å². The molecule has 0 aromatic heterocycles. The summed E-state index contributed by atoms with van der Waals surface area (Å²) in [6.45, 7) is 0. The molecule has 0 radical (unpaired) electrons. The Morgan fingerprint density at radius 3 is 1.61 bits per heavy atom. The summed E-state index contributed by atoms with van der Waals surface area (Å²) in [6, 6.07) is 15.9. The van der Waals surface area contributed by atoms with Crippen LogP contribution in [0.3, 0.4) is 0 Å². The van der Waals surface area contributed by atoms with Crippen molar-refractivity contribution in [2.75, 3.05) is 0 Å². The number of rotatable bonds is 2. The Bertz CT molecular complexity index is 972. The minimum Gasteiger partial charge on any atom is -0.743 e. The highest BCUT2D eigenvalue weighted by Crippen LogP contribution is 2.45. The van der Waals surface area contributed by atoms with Crippen LogP contribution in [0.4, 0.5) is 26.3 Å². The first-order chi connectivity index (χ1) is 12.8. The number of alkyl halides is 6. The number of fused-ring (bicyclic) bond motifs is 3. The van der Waals surface area contributed by atoms with Crippen LogP contribution < -0.4 is 0 Å². The third-order valence-electron chi connectivity index (χ3n) is 3.83. The van der Waals surface area contributed by atoms with Crippen molar-refractivity contribution in [1.82, 2.24) is 0 Å². The molecule has 12 heteroatoms. The maximum atomic E-state index is 11.8. The van der Waals surface area contributed by atoms with Crippen LogP contribution in [0.5, 0.6) is 0 Å². The lowest BCUT2D eigenvalue weighted by atomic mass is 10.1. The molecule has 0 N–H and O–H groups in total. The monoisotopic (exact) mass is 424 g/mol. The molecular formula is C16H10F6N2O3S. The number of nitrogens with zero attached hydrogens (tertiary/aromatic N) is 2. The summed E-state index contributed by atoms with van der Waals surface area (Å²) >= 11 is 0. The molecule has 1 unspecified atom stereocenters. The van der Waals surface area contributed by atoms with E-state index in [4.69, 9.17) is 5.39 Å². The predicted octanol–water partition coefficient (Wildman–Crippen LogP) is 4.63. The average molecular weight is 424 g/mol. The molecule has 0 saturated heterocycles. The molecule has 0 amide bonds. The SMILES string of the molecule is N#[N+]C1c2ccccc2-c2ccccc21.O=S(=O)([O-])C(F)(F)C(F)C(F)(F)F. The Morgan fingerprint density at radius 2 is 1.32 bits per heavy atom. The van der Waals surface area contributed by atoms with Gasteiger partial charge in [0.05, 0.1) is 11.1 Å². The van der Waals surface area contributed by atoms with E-state index in [1.807, 2.05) is 36.4 Å². The summed E-state index contributed by atoms with van der Waals surface area (Å²) in [5.74, 6) is 0. The molecule has 0 aliphatic heterocycles. The fourth-order valence-electron chi connectivity index (χ4n) is 2.57. The van der Waals surface area contributed by atoms with Crippen molar-refractivity contribution >= 4 is 10.1 Å². The molecule has 0 heterocycles. The van der Waals surface area contributed by atoms with E-state index in [1.54, 1.807) is 0 Å². The molecule has 150 valence electrons. The fraction of sp³-hybridized carbons (Fsp3) is 0.250. The van der Waals surface area contributed by atoms with Crippen LogP contribution in [0, 0.1) is 5.39 Å². The Balaban J connectivity index is 0.000000204. The van der Waals surface area contributed by atoms with Crippen molar-refractivity contribution < 1.29 is 39.3 Å². The van der Waals surface area contributed by atoms with E-state index in [-0.39, 0.29) is 6.04 Å². The predicted molar refractivity (Wildman–Crippen MR) is 84.4 cm³/mol. The Hall–Kier alpha value is -2.65. The molecule has 0 fully saturated rings. The Kier molecular flexibility index (Phi) is 5.72. The van der Waals surface area contributed by atoms with E-state index in [2.05, 4.69) is 17.1 Å². The second-order valence-corrected chi connectivity index (χ2v) is 7.07. The zero-order valence-electron chi connectivity index (χ0n) is 13.6. The van der Waals surface area contributed by atoms with Crippen LogP contribution >= 0.6 is 0 Å². The molecule has 28 heavy (non-hydrogen) atoms. The number of hydrogen-bond donors (Lipinski definition) is 0. The Labute approximate surface area is 155 Å². The van der Waals surface area contributed by atoms with Crippen molar-refractivity contribution in [3.05, 3.63) is 64.6 Å². The molecule has 0 bridgehead atoms. The second-order valence-electron chi connectivity index (χ2n) is 5.61. The van der Waals surface area contributed by atoms with Gasteiger partial charge in [0.1, 0.15) is 4.98 Å². The second kappa shape index (κ2) is 7.40. The van der Waals surface area contributed by atoms with Crippen molar-refractivity contribution in [2.45, 2.75) is 23.6 Å². The van der Waals surface area contributed by atoms with Gasteiger partial charge in [0, 0.05) is 0 Å². The minimum atomic E-state index is -6.66. The number of halogens is 6. The molecule has 1 aliphatic rings. The molecule has 1 aliphatic carbocycles. The Morgan fingerprint density at radius 1 is 0.929 bits per heavy atom. The van der Waals surface area contributed by atoms with Gasteiger partial charge in [0.2, 0.25) is 5.39 Å². The van der Waals surface area contributed by atoms with Crippen LogP contribution in [0.15, 0.2) is 48.5 Å². The molecular weight excluding hydrogens is 414 g/mol. The van der Waals surface area contributed by atoms with E-state index in [1.165, 1.54) is 11.1 Å². The zero-order valence-corrected chi connectivity index (χ0v) is 14.4. The van der Waals surface area contributed by atoms with Gasteiger partial charge >= 0.3 is 17.5 Å². The van der Waals surface area contributed by atoms with Gasteiger partial charge < -0.3 is 4.55 Å². The summed E-state index contributed by atoms with van der Waals surface area (Å²) in [5, 5.41) is 3.09. The lowest BCUT2D eigenvalue weighted by Crippen LogP contribution is -2.46. The van der Waals surface area contributed by atoms with Crippen LogP contribution in [-0.4, -0.2) is 30.6 Å². The third-order valence-corrected chi connectivity index (χ3v) is 4.71. The highest BCUT2D eigenvalue weighted by atomic mass is 32.2. The smallest absolute Gasteiger partial charge is 0.426 e. The lowest BCUT2D eigenvalue weighted by molar-refractivity contribution is -0.223. The van der Waals surface area contributed by atoms with Gasteiger partial charge in [-0.3, -0.25) is 0 Å². The summed E-state index contributed by atoms with van der Waals surface area (Å²) in [7, 11) is -6.66. The van der Waals surface area contributed by atoms with E-state index < -0.39 is 27.7 Å². The molecule has 1 atom stereocenters. The van der Waals surface area contributed by atoms with E-state index >= 15 is 0 Å². The van der Waals surface area contributed by atoms with Gasteiger partial charge in [-0.05, 0) is 23.3 Å². The first-order valence-corrected chi connectivity index (χ1v) is 8.79. The van der Waals surface area contributed by atoms with Crippen molar-refractivity contribution in [2.24, 2.45) is 0 Å². The van der Waals surface area contributed by atoms with Crippen LogP contribution in [0.1, 0.15) is 17.2 Å². The maximum absolute atomic E-state index is 11.8. The van der Waals surface area contributed by atoms with Crippen molar-refractivity contribution in [3.8, 4) is 11.1 Å². The number of diazo groups is 1. The first-order valence-electron chi connectivity index (χ1n) is 7.38. The number of benzene rings is 2. The molecule has 5 nitrogen and oxygen atoms in total. The first kappa shape index (κ1) is 21.6. The summed E-state index contributed by atoms with van der Waals surface area (Å²) in [6.07, 6.45) is -11.1. The van der Waals surface area contributed by atoms with E-state index in [9.17, 15) is 39.3 Å². The largest absolute Gasteiger partial charge is 0.743 e. The zero-order chi connectivity index (χ0) is 21.3. The fourth-order valence-corrected chi connectivity index (χ4v) is 2.96.